The number of aromatic nitrogens is 1. The van der Waals surface area contributed by atoms with Crippen LogP contribution in [-0.4, -0.2) is 29.5 Å². The molecule has 0 bridgehead atoms. The molecule has 0 radical (unpaired) electrons. The van der Waals surface area contributed by atoms with Gasteiger partial charge in [0.15, 0.2) is 6.61 Å². The molecule has 0 aliphatic heterocycles. The van der Waals surface area contributed by atoms with Crippen LogP contribution >= 0.6 is 0 Å². The average molecular weight is 418 g/mol. The molecule has 1 aromatic carbocycles. The number of nitrogens with zero attached hydrogens (tertiary/aromatic N) is 1. The van der Waals surface area contributed by atoms with Crippen LogP contribution in [0.25, 0.3) is 22.6 Å². The lowest BCUT2D eigenvalue weighted by atomic mass is 9.81. The van der Waals surface area contributed by atoms with E-state index in [1.807, 2.05) is 56.3 Å². The molecule has 0 saturated heterocycles. The van der Waals surface area contributed by atoms with Crippen molar-refractivity contribution in [1.29, 1.82) is 0 Å². The van der Waals surface area contributed by atoms with Gasteiger partial charge in [-0.2, -0.15) is 0 Å². The summed E-state index contributed by atoms with van der Waals surface area (Å²) in [6.07, 6.45) is 5.18. The van der Waals surface area contributed by atoms with Gasteiger partial charge in [0.1, 0.15) is 5.76 Å². The Bertz CT molecular complexity index is 1150. The van der Waals surface area contributed by atoms with Crippen LogP contribution in [0.5, 0.6) is 0 Å². The van der Waals surface area contributed by atoms with Crippen molar-refractivity contribution in [2.45, 2.75) is 39.7 Å². The third kappa shape index (κ3) is 4.53. The Labute approximate surface area is 181 Å². The molecule has 2 heterocycles. The minimum absolute atomic E-state index is 0.0177. The summed E-state index contributed by atoms with van der Waals surface area (Å²) < 4.78 is 10.9. The second-order valence-corrected chi connectivity index (χ2v) is 8.33. The van der Waals surface area contributed by atoms with E-state index in [9.17, 15) is 9.59 Å². The lowest BCUT2D eigenvalue weighted by Gasteiger charge is -2.26. The fourth-order valence-corrected chi connectivity index (χ4v) is 4.08. The Morgan fingerprint density at radius 1 is 1.23 bits per heavy atom. The molecule has 1 amide bonds. The first kappa shape index (κ1) is 20.8. The highest BCUT2D eigenvalue weighted by molar-refractivity contribution is 6.07. The van der Waals surface area contributed by atoms with Crippen molar-refractivity contribution in [2.75, 3.05) is 6.61 Å². The number of nitrogens with one attached hydrogen (secondary N) is 1. The van der Waals surface area contributed by atoms with Gasteiger partial charge in [0.25, 0.3) is 5.91 Å². The largest absolute Gasteiger partial charge is 0.465 e. The van der Waals surface area contributed by atoms with Crippen LogP contribution in [0, 0.1) is 5.92 Å². The van der Waals surface area contributed by atoms with Crippen LogP contribution in [0.15, 0.2) is 47.1 Å². The maximum atomic E-state index is 13.2. The van der Waals surface area contributed by atoms with E-state index in [4.69, 9.17) is 14.1 Å². The van der Waals surface area contributed by atoms with Gasteiger partial charge in [0, 0.05) is 11.4 Å². The number of rotatable bonds is 5. The number of fused-ring (bicyclic) bond motifs is 2. The van der Waals surface area contributed by atoms with Crippen LogP contribution < -0.4 is 5.32 Å². The summed E-state index contributed by atoms with van der Waals surface area (Å²) in [5, 5.41) is 3.48. The number of carbonyl (C=O) groups is 2. The molecular formula is C25H26N2O4. The van der Waals surface area contributed by atoms with E-state index in [2.05, 4.69) is 12.2 Å². The number of hydrogen-bond acceptors (Lipinski definition) is 5. The van der Waals surface area contributed by atoms with E-state index in [-0.39, 0.29) is 18.6 Å². The molecule has 1 aliphatic rings. The molecule has 3 aromatic rings. The van der Waals surface area contributed by atoms with Crippen LogP contribution in [0.2, 0.25) is 0 Å². The van der Waals surface area contributed by atoms with Crippen LogP contribution in [0.1, 0.15) is 54.6 Å². The van der Waals surface area contributed by atoms with Gasteiger partial charge in [-0.15, -0.1) is 0 Å². The van der Waals surface area contributed by atoms with E-state index in [1.54, 1.807) is 6.26 Å². The fourth-order valence-electron chi connectivity index (χ4n) is 4.08. The molecule has 0 unspecified atom stereocenters. The standard InChI is InChI=1S/C25H26N2O4/c1-15(2)26-22(28)14-31-25(29)23-19-8-4-5-9-21(19)27-24-17(11-16(3)12-20(23)24)13-18-7-6-10-30-18/h4-10,13,15-16H,11-12,14H2,1-3H3,(H,26,28)/t16-/m0/s1. The molecular weight excluding hydrogens is 392 g/mol. The number of amides is 1. The molecule has 1 atom stereocenters. The van der Waals surface area contributed by atoms with Crippen LogP contribution in [0.3, 0.4) is 0 Å². The molecule has 0 spiro atoms. The number of benzene rings is 1. The molecule has 1 aliphatic carbocycles. The van der Waals surface area contributed by atoms with Gasteiger partial charge in [-0.05, 0) is 68.0 Å². The summed E-state index contributed by atoms with van der Waals surface area (Å²) in [6.45, 7) is 5.56. The van der Waals surface area contributed by atoms with Gasteiger partial charge in [-0.25, -0.2) is 9.78 Å². The number of carbonyl (C=O) groups excluding carboxylic acids is 2. The summed E-state index contributed by atoms with van der Waals surface area (Å²) in [4.78, 5) is 30.1. The molecule has 0 saturated carbocycles. The number of para-hydroxylation sites is 1. The van der Waals surface area contributed by atoms with E-state index in [0.29, 0.717) is 17.9 Å². The van der Waals surface area contributed by atoms with E-state index >= 15 is 0 Å². The second kappa shape index (κ2) is 8.76. The highest BCUT2D eigenvalue weighted by Gasteiger charge is 2.29. The summed E-state index contributed by atoms with van der Waals surface area (Å²) >= 11 is 0. The second-order valence-electron chi connectivity index (χ2n) is 8.33. The fraction of sp³-hybridized carbons (Fsp3) is 0.320. The van der Waals surface area contributed by atoms with E-state index in [0.717, 1.165) is 39.9 Å². The minimum Gasteiger partial charge on any atom is -0.465 e. The summed E-state index contributed by atoms with van der Waals surface area (Å²) in [5.74, 6) is 0.259. The van der Waals surface area contributed by atoms with Gasteiger partial charge in [-0.3, -0.25) is 4.79 Å². The summed E-state index contributed by atoms with van der Waals surface area (Å²) in [5.41, 5.74) is 3.91. The van der Waals surface area contributed by atoms with Gasteiger partial charge < -0.3 is 14.5 Å². The van der Waals surface area contributed by atoms with Crippen molar-refractivity contribution in [2.24, 2.45) is 5.92 Å². The number of ether oxygens (including phenoxy) is 1. The predicted molar refractivity (Wildman–Crippen MR) is 119 cm³/mol. The van der Waals surface area contributed by atoms with Crippen molar-refractivity contribution in [3.63, 3.8) is 0 Å². The Morgan fingerprint density at radius 2 is 2.03 bits per heavy atom. The highest BCUT2D eigenvalue weighted by atomic mass is 16.5. The van der Waals surface area contributed by atoms with Crippen molar-refractivity contribution < 1.29 is 18.7 Å². The van der Waals surface area contributed by atoms with Gasteiger partial charge in [-0.1, -0.05) is 25.1 Å². The van der Waals surface area contributed by atoms with E-state index < -0.39 is 5.97 Å². The topological polar surface area (TPSA) is 81.4 Å². The number of hydrogen-bond donors (Lipinski definition) is 1. The molecule has 160 valence electrons. The molecule has 6 nitrogen and oxygen atoms in total. The highest BCUT2D eigenvalue weighted by Crippen LogP contribution is 2.38. The van der Waals surface area contributed by atoms with Crippen molar-refractivity contribution >= 4 is 34.4 Å². The zero-order valence-electron chi connectivity index (χ0n) is 18.0. The normalized spacial score (nSPS) is 17.0. The third-order valence-electron chi connectivity index (χ3n) is 5.27. The Hall–Kier alpha value is -3.41. The maximum absolute atomic E-state index is 13.2. The zero-order valence-corrected chi connectivity index (χ0v) is 18.0. The smallest absolute Gasteiger partial charge is 0.339 e. The minimum atomic E-state index is -0.500. The number of pyridine rings is 1. The first-order chi connectivity index (χ1) is 14.9. The molecule has 4 rings (SSSR count). The molecule has 31 heavy (non-hydrogen) atoms. The molecule has 0 fully saturated rings. The summed E-state index contributed by atoms with van der Waals surface area (Å²) in [7, 11) is 0. The van der Waals surface area contributed by atoms with Crippen molar-refractivity contribution in [3.8, 4) is 0 Å². The molecule has 1 N–H and O–H groups in total. The Morgan fingerprint density at radius 3 is 2.77 bits per heavy atom. The predicted octanol–water partition coefficient (Wildman–Crippen LogP) is 4.63. The Kier molecular flexibility index (Phi) is 5.89. The number of furan rings is 1. The third-order valence-corrected chi connectivity index (χ3v) is 5.27. The average Bonchev–Trinajstić information content (AvgIpc) is 3.23. The zero-order chi connectivity index (χ0) is 22.0. The van der Waals surface area contributed by atoms with E-state index in [1.165, 1.54) is 0 Å². The first-order valence-corrected chi connectivity index (χ1v) is 10.5. The molecule has 2 aromatic heterocycles. The Balaban J connectivity index is 1.79. The first-order valence-electron chi connectivity index (χ1n) is 10.5. The number of esters is 1. The van der Waals surface area contributed by atoms with Crippen molar-refractivity contribution in [1.82, 2.24) is 10.3 Å². The molecule has 6 heteroatoms. The number of allylic oxidation sites excluding steroid dienone is 1. The monoisotopic (exact) mass is 418 g/mol. The van der Waals surface area contributed by atoms with Crippen molar-refractivity contribution in [3.05, 3.63) is 65.2 Å². The van der Waals surface area contributed by atoms with Gasteiger partial charge in [0.2, 0.25) is 0 Å². The SMILES string of the molecule is CC(C)NC(=O)COC(=O)c1c2c(nc3ccccc13)C(=Cc1ccco1)C[C@H](C)C2. The van der Waals surface area contributed by atoms with Crippen LogP contribution in [0.4, 0.5) is 0 Å². The quantitative estimate of drug-likeness (QED) is 0.611. The van der Waals surface area contributed by atoms with Crippen LogP contribution in [-0.2, 0) is 16.0 Å². The van der Waals surface area contributed by atoms with Gasteiger partial charge >= 0.3 is 5.97 Å². The summed E-state index contributed by atoms with van der Waals surface area (Å²) in [6, 6.07) is 11.3. The lowest BCUT2D eigenvalue weighted by Crippen LogP contribution is -2.34. The lowest BCUT2D eigenvalue weighted by molar-refractivity contribution is -0.124. The maximum Gasteiger partial charge on any atom is 0.339 e. The van der Waals surface area contributed by atoms with Gasteiger partial charge in [0.05, 0.1) is 23.0 Å².